The fraction of sp³-hybridized carbons (Fsp3) is 0.429. The molecule has 7 heteroatoms. The normalized spacial score (nSPS) is 16.8. The molecule has 1 saturated heterocycles. The number of pyridine rings is 1. The number of aromatic nitrogens is 3. The molecule has 2 aromatic heterocycles. The van der Waals surface area contributed by atoms with Gasteiger partial charge in [-0.05, 0) is 38.0 Å². The highest BCUT2D eigenvalue weighted by Gasteiger charge is 2.15. The van der Waals surface area contributed by atoms with Crippen molar-refractivity contribution < 1.29 is 9.47 Å². The average Bonchev–Trinajstić information content (AvgIpc) is 3.33. The summed E-state index contributed by atoms with van der Waals surface area (Å²) in [6.07, 6.45) is 2.45. The lowest BCUT2D eigenvalue weighted by molar-refractivity contribution is 0.0183. The molecule has 148 valence electrons. The highest BCUT2D eigenvalue weighted by Crippen LogP contribution is 2.19. The number of hydrogen-bond donors (Lipinski definition) is 2. The zero-order chi connectivity index (χ0) is 19.3. The molecule has 7 nitrogen and oxygen atoms in total. The summed E-state index contributed by atoms with van der Waals surface area (Å²) < 4.78 is 13.0. The zero-order valence-electron chi connectivity index (χ0n) is 16.1. The van der Waals surface area contributed by atoms with Gasteiger partial charge in [-0.2, -0.15) is 5.10 Å². The first-order valence-corrected chi connectivity index (χ1v) is 9.79. The van der Waals surface area contributed by atoms with Gasteiger partial charge >= 0.3 is 0 Å². The third-order valence-electron chi connectivity index (χ3n) is 5.02. The number of fused-ring (bicyclic) bond motifs is 1. The Labute approximate surface area is 163 Å². The van der Waals surface area contributed by atoms with E-state index in [1.165, 1.54) is 0 Å². The van der Waals surface area contributed by atoms with Crippen LogP contribution in [0.25, 0.3) is 16.7 Å². The Morgan fingerprint density at radius 3 is 3.00 bits per heavy atom. The monoisotopic (exact) mass is 382 g/mol. The fourth-order valence-corrected chi connectivity index (χ4v) is 3.51. The van der Waals surface area contributed by atoms with Crippen LogP contribution in [0.1, 0.15) is 24.1 Å². The Morgan fingerprint density at radius 2 is 2.21 bits per heavy atom. The van der Waals surface area contributed by atoms with Gasteiger partial charge in [0.1, 0.15) is 5.65 Å². The van der Waals surface area contributed by atoms with Crippen molar-refractivity contribution in [2.24, 2.45) is 0 Å². The molecule has 0 amide bonds. The number of nitrogens with zero attached hydrogens (tertiary/aromatic N) is 2. The largest absolute Gasteiger partial charge is 0.377 e. The third-order valence-corrected chi connectivity index (χ3v) is 5.02. The zero-order valence-corrected chi connectivity index (χ0v) is 16.1. The maximum Gasteiger partial charge on any atom is 0.254 e. The number of para-hydroxylation sites is 1. The van der Waals surface area contributed by atoms with Crippen molar-refractivity contribution in [3.05, 3.63) is 58.0 Å². The van der Waals surface area contributed by atoms with Crippen LogP contribution in [0.15, 0.2) is 41.2 Å². The van der Waals surface area contributed by atoms with E-state index in [1.807, 2.05) is 43.3 Å². The molecule has 0 spiro atoms. The Morgan fingerprint density at radius 1 is 1.36 bits per heavy atom. The second-order valence-corrected chi connectivity index (χ2v) is 7.11. The van der Waals surface area contributed by atoms with Crippen LogP contribution in [0.2, 0.25) is 0 Å². The molecule has 1 unspecified atom stereocenters. The second-order valence-electron chi connectivity index (χ2n) is 7.11. The summed E-state index contributed by atoms with van der Waals surface area (Å²) in [5, 5.41) is 8.83. The van der Waals surface area contributed by atoms with Gasteiger partial charge in [0, 0.05) is 30.6 Å². The van der Waals surface area contributed by atoms with Crippen LogP contribution >= 0.6 is 0 Å². The summed E-state index contributed by atoms with van der Waals surface area (Å²) in [6, 6.07) is 11.7. The molecule has 1 aliphatic heterocycles. The molecule has 3 aromatic rings. The molecule has 2 N–H and O–H groups in total. The molecule has 28 heavy (non-hydrogen) atoms. The number of aromatic amines is 1. The predicted octanol–water partition coefficient (Wildman–Crippen LogP) is 2.31. The molecule has 0 radical (unpaired) electrons. The van der Waals surface area contributed by atoms with Gasteiger partial charge in [-0.15, -0.1) is 0 Å². The molecular weight excluding hydrogens is 356 g/mol. The van der Waals surface area contributed by atoms with Crippen molar-refractivity contribution in [1.29, 1.82) is 0 Å². The molecule has 0 bridgehead atoms. The highest BCUT2D eigenvalue weighted by atomic mass is 16.5. The Hall–Kier alpha value is -2.48. The summed E-state index contributed by atoms with van der Waals surface area (Å²) in [5.41, 5.74) is 3.12. The van der Waals surface area contributed by atoms with E-state index in [2.05, 4.69) is 15.4 Å². The Balaban J connectivity index is 1.39. The van der Waals surface area contributed by atoms with Gasteiger partial charge < -0.3 is 19.8 Å². The Bertz CT molecular complexity index is 974. The SMILES string of the molecule is Cc1nn(-c2ccccc2)c2[nH]c(=O)c(CNCCOCC3CCCO3)cc12. The molecule has 1 aromatic carbocycles. The van der Waals surface area contributed by atoms with Gasteiger partial charge in [0.05, 0.1) is 30.7 Å². The van der Waals surface area contributed by atoms with E-state index in [0.717, 1.165) is 41.9 Å². The minimum Gasteiger partial charge on any atom is -0.377 e. The van der Waals surface area contributed by atoms with E-state index < -0.39 is 0 Å². The lowest BCUT2D eigenvalue weighted by Gasteiger charge is -2.10. The smallest absolute Gasteiger partial charge is 0.254 e. The van der Waals surface area contributed by atoms with E-state index in [0.29, 0.717) is 31.9 Å². The number of ether oxygens (including phenoxy) is 2. The van der Waals surface area contributed by atoms with Crippen LogP contribution in [0, 0.1) is 6.92 Å². The molecular formula is C21H26N4O3. The van der Waals surface area contributed by atoms with Crippen molar-refractivity contribution in [2.45, 2.75) is 32.4 Å². The number of aryl methyl sites for hydroxylation is 1. The number of rotatable bonds is 8. The average molecular weight is 382 g/mol. The number of hydrogen-bond acceptors (Lipinski definition) is 5. The van der Waals surface area contributed by atoms with E-state index in [9.17, 15) is 4.79 Å². The maximum atomic E-state index is 12.5. The number of benzene rings is 1. The maximum absolute atomic E-state index is 12.5. The summed E-state index contributed by atoms with van der Waals surface area (Å²) in [5.74, 6) is 0. The first-order valence-electron chi connectivity index (χ1n) is 9.79. The van der Waals surface area contributed by atoms with Crippen LogP contribution in [0.4, 0.5) is 0 Å². The summed E-state index contributed by atoms with van der Waals surface area (Å²) >= 11 is 0. The van der Waals surface area contributed by atoms with Crippen LogP contribution < -0.4 is 10.9 Å². The highest BCUT2D eigenvalue weighted by molar-refractivity contribution is 5.80. The third kappa shape index (κ3) is 4.16. The first-order chi connectivity index (χ1) is 13.7. The molecule has 0 aliphatic carbocycles. The van der Waals surface area contributed by atoms with Crippen molar-refractivity contribution >= 4 is 11.0 Å². The van der Waals surface area contributed by atoms with Gasteiger partial charge in [0.25, 0.3) is 5.56 Å². The molecule has 1 aliphatic rings. The van der Waals surface area contributed by atoms with Gasteiger partial charge in [0.2, 0.25) is 0 Å². The standard InChI is InChI=1S/C21H26N4O3/c1-15-19-12-16(13-22-9-11-27-14-18-8-5-10-28-18)21(26)23-20(19)25(24-15)17-6-3-2-4-7-17/h2-4,6-7,12,18,22H,5,8-11,13-14H2,1H3,(H,23,26). The van der Waals surface area contributed by atoms with Crippen LogP contribution in [-0.4, -0.2) is 47.2 Å². The van der Waals surface area contributed by atoms with Crippen molar-refractivity contribution in [2.75, 3.05) is 26.4 Å². The topological polar surface area (TPSA) is 81.2 Å². The molecule has 4 rings (SSSR count). The number of nitrogens with one attached hydrogen (secondary N) is 2. The molecule has 0 saturated carbocycles. The van der Waals surface area contributed by atoms with Gasteiger partial charge in [-0.3, -0.25) is 4.79 Å². The molecule has 1 atom stereocenters. The number of H-pyrrole nitrogens is 1. The molecule has 1 fully saturated rings. The van der Waals surface area contributed by atoms with E-state index in [4.69, 9.17) is 9.47 Å². The predicted molar refractivity (Wildman–Crippen MR) is 108 cm³/mol. The summed E-state index contributed by atoms with van der Waals surface area (Å²) in [7, 11) is 0. The van der Waals surface area contributed by atoms with Crippen LogP contribution in [0.3, 0.4) is 0 Å². The minimum absolute atomic E-state index is 0.0997. The lowest BCUT2D eigenvalue weighted by Crippen LogP contribution is -2.25. The van der Waals surface area contributed by atoms with E-state index >= 15 is 0 Å². The van der Waals surface area contributed by atoms with Crippen molar-refractivity contribution in [1.82, 2.24) is 20.1 Å². The first kappa shape index (κ1) is 18.9. The molecule has 3 heterocycles. The summed E-state index contributed by atoms with van der Waals surface area (Å²) in [4.78, 5) is 15.5. The van der Waals surface area contributed by atoms with Gasteiger partial charge in [-0.1, -0.05) is 18.2 Å². The van der Waals surface area contributed by atoms with Crippen molar-refractivity contribution in [3.8, 4) is 5.69 Å². The Kier molecular flexibility index (Phi) is 5.85. The van der Waals surface area contributed by atoms with Gasteiger partial charge in [0.15, 0.2) is 0 Å². The lowest BCUT2D eigenvalue weighted by atomic mass is 10.2. The van der Waals surface area contributed by atoms with E-state index in [-0.39, 0.29) is 11.7 Å². The van der Waals surface area contributed by atoms with Crippen LogP contribution in [0.5, 0.6) is 0 Å². The van der Waals surface area contributed by atoms with Gasteiger partial charge in [-0.25, -0.2) is 4.68 Å². The van der Waals surface area contributed by atoms with Crippen molar-refractivity contribution in [3.63, 3.8) is 0 Å². The fourth-order valence-electron chi connectivity index (χ4n) is 3.51. The summed E-state index contributed by atoms with van der Waals surface area (Å²) in [6.45, 7) is 5.22. The quantitative estimate of drug-likeness (QED) is 0.585. The minimum atomic E-state index is -0.0997. The van der Waals surface area contributed by atoms with E-state index in [1.54, 1.807) is 4.68 Å². The van der Waals surface area contributed by atoms with Crippen LogP contribution in [-0.2, 0) is 16.0 Å². The second kappa shape index (κ2) is 8.68.